The lowest BCUT2D eigenvalue weighted by atomic mass is 10.1. The van der Waals surface area contributed by atoms with Crippen LogP contribution in [0.2, 0.25) is 0 Å². The maximum atomic E-state index is 13.4. The van der Waals surface area contributed by atoms with Crippen molar-refractivity contribution >= 4 is 12.2 Å². The van der Waals surface area contributed by atoms with Gasteiger partial charge in [-0.25, -0.2) is 9.59 Å². The summed E-state index contributed by atoms with van der Waals surface area (Å²) in [5.74, 6) is 0.824. The van der Waals surface area contributed by atoms with Crippen molar-refractivity contribution in [3.05, 3.63) is 124 Å². The number of benzene rings is 3. The third-order valence-corrected chi connectivity index (χ3v) is 8.40. The topological polar surface area (TPSA) is 117 Å². The average molecular weight is 740 g/mol. The van der Waals surface area contributed by atoms with Crippen LogP contribution in [0.3, 0.4) is 0 Å². The molecular weight excluding hydrogens is 679 g/mol. The number of allylic oxidation sites excluding steroid dienone is 1. The van der Waals surface area contributed by atoms with Crippen LogP contribution in [0, 0.1) is 0 Å². The smallest absolute Gasteiger partial charge is 0.410 e. The highest BCUT2D eigenvalue weighted by molar-refractivity contribution is 5.69. The first-order valence-corrected chi connectivity index (χ1v) is 19.2. The van der Waals surface area contributed by atoms with Crippen molar-refractivity contribution in [3.63, 3.8) is 0 Å². The fourth-order valence-corrected chi connectivity index (χ4v) is 5.67. The van der Waals surface area contributed by atoms with E-state index in [0.717, 1.165) is 46.4 Å². The van der Waals surface area contributed by atoms with Crippen molar-refractivity contribution < 1.29 is 23.8 Å². The molecule has 0 aliphatic carbocycles. The number of nitrogens with zero attached hydrogens (tertiary/aromatic N) is 5. The molecular formula is C44H61N5O5. The molecule has 0 aromatic heterocycles. The minimum absolute atomic E-state index is 0.267. The van der Waals surface area contributed by atoms with Gasteiger partial charge in [-0.05, 0) is 106 Å². The molecule has 0 saturated heterocycles. The standard InChI is InChI=1S/C44H61N5O5/c1-8-9-10-11-12-13-14-15-16-29-52-40-27-25-39(26-28-40)34-49(42(51)54-44(5,6)7)33-38-23-21-37(22-24-38)32-48(41(50)53-43(2,3)4)31-36-19-17-35(18-20-36)30-46-47-45/h8,17-28H,1,9-16,29-34H2,2-7H3. The van der Waals surface area contributed by atoms with Gasteiger partial charge in [-0.3, -0.25) is 9.80 Å². The van der Waals surface area contributed by atoms with Gasteiger partial charge in [-0.15, -0.1) is 6.58 Å². The molecule has 0 heterocycles. The van der Waals surface area contributed by atoms with Gasteiger partial charge < -0.3 is 14.2 Å². The second kappa shape index (κ2) is 22.3. The second-order valence-corrected chi connectivity index (χ2v) is 15.7. The summed E-state index contributed by atoms with van der Waals surface area (Å²) in [6.07, 6.45) is 10.8. The number of ether oxygens (including phenoxy) is 3. The number of carbonyl (C=O) groups is 2. The van der Waals surface area contributed by atoms with E-state index in [2.05, 4.69) is 16.6 Å². The van der Waals surface area contributed by atoms with Crippen LogP contribution in [0.4, 0.5) is 9.59 Å². The molecule has 0 bridgehead atoms. The van der Waals surface area contributed by atoms with Gasteiger partial charge in [0.2, 0.25) is 0 Å². The Hall–Kier alpha value is -4.95. The van der Waals surface area contributed by atoms with Gasteiger partial charge in [0.15, 0.2) is 0 Å². The SMILES string of the molecule is C=CCCCCCCCCCOc1ccc(CN(Cc2ccc(CN(Cc3ccc(CN=[N+]=[N-])cc3)C(=O)OC(C)(C)C)cc2)C(=O)OC(C)(C)C)cc1. The maximum Gasteiger partial charge on any atom is 0.410 e. The molecule has 2 amide bonds. The van der Waals surface area contributed by atoms with E-state index in [4.69, 9.17) is 19.7 Å². The molecule has 0 radical (unpaired) electrons. The fourth-order valence-electron chi connectivity index (χ4n) is 5.67. The Morgan fingerprint density at radius 1 is 0.630 bits per heavy atom. The van der Waals surface area contributed by atoms with Crippen LogP contribution < -0.4 is 4.74 Å². The molecule has 54 heavy (non-hydrogen) atoms. The van der Waals surface area contributed by atoms with E-state index >= 15 is 0 Å². The molecule has 292 valence electrons. The van der Waals surface area contributed by atoms with Crippen LogP contribution in [0.1, 0.15) is 121 Å². The van der Waals surface area contributed by atoms with E-state index in [9.17, 15) is 9.59 Å². The number of amides is 2. The summed E-state index contributed by atoms with van der Waals surface area (Å²) in [5.41, 5.74) is 12.0. The van der Waals surface area contributed by atoms with Crippen LogP contribution in [-0.2, 0) is 42.2 Å². The Labute approximate surface area is 323 Å². The number of hydrogen-bond donors (Lipinski definition) is 0. The van der Waals surface area contributed by atoms with Gasteiger partial charge in [0.1, 0.15) is 17.0 Å². The molecule has 0 unspecified atom stereocenters. The van der Waals surface area contributed by atoms with Crippen molar-refractivity contribution in [1.82, 2.24) is 9.80 Å². The highest BCUT2D eigenvalue weighted by Gasteiger charge is 2.24. The number of hydrogen-bond acceptors (Lipinski definition) is 6. The van der Waals surface area contributed by atoms with E-state index in [1.165, 1.54) is 38.5 Å². The van der Waals surface area contributed by atoms with E-state index in [-0.39, 0.29) is 6.54 Å². The number of unbranched alkanes of at least 4 members (excludes halogenated alkanes) is 7. The molecule has 0 spiro atoms. The highest BCUT2D eigenvalue weighted by Crippen LogP contribution is 2.21. The molecule has 3 rings (SSSR count). The third kappa shape index (κ3) is 17.7. The van der Waals surface area contributed by atoms with Gasteiger partial charge in [-0.2, -0.15) is 0 Å². The monoisotopic (exact) mass is 739 g/mol. The third-order valence-electron chi connectivity index (χ3n) is 8.40. The first-order valence-electron chi connectivity index (χ1n) is 19.2. The summed E-state index contributed by atoms with van der Waals surface area (Å²) < 4.78 is 17.5. The zero-order valence-electron chi connectivity index (χ0n) is 33.4. The average Bonchev–Trinajstić information content (AvgIpc) is 3.11. The predicted molar refractivity (Wildman–Crippen MR) is 216 cm³/mol. The van der Waals surface area contributed by atoms with Crippen LogP contribution in [0.5, 0.6) is 5.75 Å². The first kappa shape index (κ1) is 43.5. The van der Waals surface area contributed by atoms with Crippen molar-refractivity contribution in [2.45, 2.75) is 137 Å². The Balaban J connectivity index is 1.63. The van der Waals surface area contributed by atoms with Crippen molar-refractivity contribution in [2.75, 3.05) is 6.61 Å². The van der Waals surface area contributed by atoms with Crippen LogP contribution >= 0.6 is 0 Å². The lowest BCUT2D eigenvalue weighted by Gasteiger charge is -2.28. The number of carbonyl (C=O) groups excluding carboxylic acids is 2. The lowest BCUT2D eigenvalue weighted by molar-refractivity contribution is 0.0205. The zero-order chi connectivity index (χ0) is 39.4. The number of rotatable bonds is 21. The van der Waals surface area contributed by atoms with Crippen LogP contribution in [0.25, 0.3) is 10.4 Å². The van der Waals surface area contributed by atoms with E-state index in [1.54, 1.807) is 9.80 Å². The first-order chi connectivity index (χ1) is 25.7. The van der Waals surface area contributed by atoms with Crippen LogP contribution in [0.15, 0.2) is 90.6 Å². The van der Waals surface area contributed by atoms with Crippen molar-refractivity contribution in [3.8, 4) is 5.75 Å². The zero-order valence-corrected chi connectivity index (χ0v) is 33.4. The molecule has 0 fully saturated rings. The van der Waals surface area contributed by atoms with Gasteiger partial charge in [0, 0.05) is 31.1 Å². The predicted octanol–water partition coefficient (Wildman–Crippen LogP) is 12.1. The lowest BCUT2D eigenvalue weighted by Crippen LogP contribution is -2.36. The normalized spacial score (nSPS) is 11.3. The molecule has 10 nitrogen and oxygen atoms in total. The molecule has 3 aromatic carbocycles. The summed E-state index contributed by atoms with van der Waals surface area (Å²) in [6.45, 7) is 17.3. The molecule has 3 aromatic rings. The van der Waals surface area contributed by atoms with Gasteiger partial charge >= 0.3 is 12.2 Å². The molecule has 0 saturated carbocycles. The van der Waals surface area contributed by atoms with E-state index in [1.807, 2.05) is 120 Å². The summed E-state index contributed by atoms with van der Waals surface area (Å²) in [4.78, 5) is 32.9. The maximum absolute atomic E-state index is 13.4. The minimum Gasteiger partial charge on any atom is -0.494 e. The van der Waals surface area contributed by atoms with Crippen molar-refractivity contribution in [2.24, 2.45) is 5.11 Å². The molecule has 0 aliphatic rings. The van der Waals surface area contributed by atoms with E-state index in [0.29, 0.717) is 32.8 Å². The molecule has 10 heteroatoms. The molecule has 0 N–H and O–H groups in total. The summed E-state index contributed by atoms with van der Waals surface area (Å²) in [7, 11) is 0. The summed E-state index contributed by atoms with van der Waals surface area (Å²) in [6, 6.07) is 23.4. The second-order valence-electron chi connectivity index (χ2n) is 15.7. The van der Waals surface area contributed by atoms with Crippen LogP contribution in [-0.4, -0.2) is 39.8 Å². The largest absolute Gasteiger partial charge is 0.494 e. The van der Waals surface area contributed by atoms with Crippen molar-refractivity contribution in [1.29, 1.82) is 0 Å². The Morgan fingerprint density at radius 3 is 1.39 bits per heavy atom. The van der Waals surface area contributed by atoms with Gasteiger partial charge in [0.25, 0.3) is 0 Å². The van der Waals surface area contributed by atoms with Gasteiger partial charge in [-0.1, -0.05) is 104 Å². The fraction of sp³-hybridized carbons (Fsp3) is 0.500. The molecule has 0 aliphatic heterocycles. The minimum atomic E-state index is -0.651. The molecule has 0 atom stereocenters. The Morgan fingerprint density at radius 2 is 1.00 bits per heavy atom. The highest BCUT2D eigenvalue weighted by atomic mass is 16.6. The van der Waals surface area contributed by atoms with E-state index < -0.39 is 23.4 Å². The van der Waals surface area contributed by atoms with Gasteiger partial charge in [0.05, 0.1) is 13.2 Å². The Kier molecular flexibility index (Phi) is 18.0. The quantitative estimate of drug-likeness (QED) is 0.0354. The Bertz CT molecular complexity index is 1620. The summed E-state index contributed by atoms with van der Waals surface area (Å²) in [5, 5.41) is 3.62. The number of azide groups is 1. The summed E-state index contributed by atoms with van der Waals surface area (Å²) >= 11 is 0.